The molecule has 0 bridgehead atoms. The molecule has 0 unspecified atom stereocenters. The summed E-state index contributed by atoms with van der Waals surface area (Å²) < 4.78 is 0. The summed E-state index contributed by atoms with van der Waals surface area (Å²) in [5, 5.41) is 3.52. The van der Waals surface area contributed by atoms with Crippen molar-refractivity contribution in [2.45, 2.75) is 18.9 Å². The van der Waals surface area contributed by atoms with E-state index in [4.69, 9.17) is 11.5 Å². The van der Waals surface area contributed by atoms with E-state index < -0.39 is 0 Å². The zero-order chi connectivity index (χ0) is 17.5. The van der Waals surface area contributed by atoms with Crippen LogP contribution in [0.4, 0.5) is 11.6 Å². The van der Waals surface area contributed by atoms with Gasteiger partial charge in [0.2, 0.25) is 0 Å². The van der Waals surface area contributed by atoms with E-state index in [2.05, 4.69) is 58.8 Å². The monoisotopic (exact) mass is 332 g/mol. The Labute approximate surface area is 148 Å². The lowest BCUT2D eigenvalue weighted by atomic mass is 9.89. The molecule has 4 heteroatoms. The average molecular weight is 332 g/mol. The van der Waals surface area contributed by atoms with Crippen molar-refractivity contribution < 1.29 is 0 Å². The number of hydrogen-bond donors (Lipinski definition) is 3. The van der Waals surface area contributed by atoms with Crippen molar-refractivity contribution in [3.05, 3.63) is 89.5 Å². The molecular weight excluding hydrogens is 308 g/mol. The molecule has 0 fully saturated rings. The van der Waals surface area contributed by atoms with Crippen molar-refractivity contribution in [3.63, 3.8) is 0 Å². The van der Waals surface area contributed by atoms with Crippen LogP contribution in [-0.4, -0.2) is 11.5 Å². The van der Waals surface area contributed by atoms with Crippen molar-refractivity contribution in [1.29, 1.82) is 0 Å². The highest BCUT2D eigenvalue weighted by molar-refractivity contribution is 5.47. The van der Waals surface area contributed by atoms with Crippen LogP contribution in [0.15, 0.2) is 72.8 Å². The molecule has 128 valence electrons. The van der Waals surface area contributed by atoms with Gasteiger partial charge in [0.25, 0.3) is 0 Å². The molecule has 3 aromatic rings. The predicted octanol–water partition coefficient (Wildman–Crippen LogP) is 3.56. The fourth-order valence-corrected chi connectivity index (χ4v) is 3.08. The number of rotatable bonds is 7. The molecule has 0 aliphatic carbocycles. The van der Waals surface area contributed by atoms with Gasteiger partial charge < -0.3 is 16.8 Å². The Morgan fingerprint density at radius 3 is 2.04 bits per heavy atom. The lowest BCUT2D eigenvalue weighted by molar-refractivity contribution is 0.611. The molecule has 25 heavy (non-hydrogen) atoms. The molecule has 2 aromatic carbocycles. The third kappa shape index (κ3) is 4.81. The van der Waals surface area contributed by atoms with Crippen LogP contribution in [-0.2, 0) is 6.54 Å². The highest BCUT2D eigenvalue weighted by atomic mass is 14.9. The van der Waals surface area contributed by atoms with Crippen molar-refractivity contribution in [2.75, 3.05) is 18.0 Å². The van der Waals surface area contributed by atoms with Gasteiger partial charge in [-0.25, -0.2) is 4.98 Å². The summed E-state index contributed by atoms with van der Waals surface area (Å²) >= 11 is 0. The van der Waals surface area contributed by atoms with E-state index >= 15 is 0 Å². The maximum atomic E-state index is 5.90. The van der Waals surface area contributed by atoms with E-state index in [-0.39, 0.29) is 5.92 Å². The second-order valence-corrected chi connectivity index (χ2v) is 6.16. The standard InChI is InChI=1S/C21H24N4/c22-20-13-18(14-21(23)25-20)19(17-9-5-2-6-10-17)11-12-24-15-16-7-3-1-4-8-16/h1-10,13-14,19,24H,11-12,15H2,(H4,22,23,25)/t19-/m1/s1. The van der Waals surface area contributed by atoms with E-state index in [1.54, 1.807) is 0 Å². The van der Waals surface area contributed by atoms with Crippen LogP contribution in [0.3, 0.4) is 0 Å². The molecule has 0 amide bonds. The fraction of sp³-hybridized carbons (Fsp3) is 0.190. The smallest absolute Gasteiger partial charge is 0.126 e. The number of pyridine rings is 1. The van der Waals surface area contributed by atoms with Crippen molar-refractivity contribution in [1.82, 2.24) is 10.3 Å². The zero-order valence-electron chi connectivity index (χ0n) is 14.2. The molecule has 0 saturated heterocycles. The molecule has 4 nitrogen and oxygen atoms in total. The molecule has 3 rings (SSSR count). The molecular formula is C21H24N4. The second kappa shape index (κ2) is 8.31. The number of nitrogen functional groups attached to an aromatic ring is 2. The highest BCUT2D eigenvalue weighted by Crippen LogP contribution is 2.29. The van der Waals surface area contributed by atoms with Gasteiger partial charge in [-0.2, -0.15) is 0 Å². The topological polar surface area (TPSA) is 77.0 Å². The van der Waals surface area contributed by atoms with Gasteiger partial charge >= 0.3 is 0 Å². The van der Waals surface area contributed by atoms with Crippen LogP contribution in [0.2, 0.25) is 0 Å². The molecule has 0 saturated carbocycles. The van der Waals surface area contributed by atoms with Crippen LogP contribution in [0, 0.1) is 0 Å². The molecule has 5 N–H and O–H groups in total. The number of anilines is 2. The average Bonchev–Trinajstić information content (AvgIpc) is 2.62. The van der Waals surface area contributed by atoms with Gasteiger partial charge in [0.1, 0.15) is 11.6 Å². The minimum absolute atomic E-state index is 0.233. The first-order chi connectivity index (χ1) is 12.2. The lowest BCUT2D eigenvalue weighted by Gasteiger charge is -2.19. The summed E-state index contributed by atoms with van der Waals surface area (Å²) in [5.74, 6) is 1.17. The number of nitrogens with one attached hydrogen (secondary N) is 1. The predicted molar refractivity (Wildman–Crippen MR) is 104 cm³/mol. The van der Waals surface area contributed by atoms with Gasteiger partial charge in [0.15, 0.2) is 0 Å². The van der Waals surface area contributed by atoms with Crippen LogP contribution in [0.1, 0.15) is 29.0 Å². The van der Waals surface area contributed by atoms with Crippen LogP contribution < -0.4 is 16.8 Å². The number of nitrogens with two attached hydrogens (primary N) is 2. The fourth-order valence-electron chi connectivity index (χ4n) is 3.08. The Hall–Kier alpha value is -2.85. The van der Waals surface area contributed by atoms with E-state index in [1.807, 2.05) is 24.3 Å². The Kier molecular flexibility index (Phi) is 5.65. The maximum absolute atomic E-state index is 5.90. The first-order valence-electron chi connectivity index (χ1n) is 8.55. The van der Waals surface area contributed by atoms with Gasteiger partial charge in [-0.1, -0.05) is 60.7 Å². The summed E-state index contributed by atoms with van der Waals surface area (Å²) in [6.45, 7) is 1.76. The third-order valence-electron chi connectivity index (χ3n) is 4.27. The normalized spacial score (nSPS) is 12.0. The van der Waals surface area contributed by atoms with Crippen LogP contribution in [0.25, 0.3) is 0 Å². The molecule has 1 heterocycles. The summed E-state index contributed by atoms with van der Waals surface area (Å²) in [6, 6.07) is 24.7. The summed E-state index contributed by atoms with van der Waals surface area (Å²) in [5.41, 5.74) is 15.5. The van der Waals surface area contributed by atoms with E-state index in [0.717, 1.165) is 25.1 Å². The van der Waals surface area contributed by atoms with E-state index in [0.29, 0.717) is 11.6 Å². The van der Waals surface area contributed by atoms with E-state index in [1.165, 1.54) is 11.1 Å². The number of nitrogens with zero attached hydrogens (tertiary/aromatic N) is 1. The van der Waals surface area contributed by atoms with Gasteiger partial charge in [-0.05, 0) is 41.8 Å². The molecule has 0 aliphatic rings. The van der Waals surface area contributed by atoms with E-state index in [9.17, 15) is 0 Å². The Balaban J connectivity index is 1.71. The largest absolute Gasteiger partial charge is 0.384 e. The van der Waals surface area contributed by atoms with Crippen LogP contribution in [0.5, 0.6) is 0 Å². The molecule has 1 atom stereocenters. The van der Waals surface area contributed by atoms with Gasteiger partial charge in [0.05, 0.1) is 0 Å². The van der Waals surface area contributed by atoms with Crippen LogP contribution >= 0.6 is 0 Å². The van der Waals surface area contributed by atoms with Gasteiger partial charge in [-0.15, -0.1) is 0 Å². The maximum Gasteiger partial charge on any atom is 0.126 e. The number of hydrogen-bond acceptors (Lipinski definition) is 4. The van der Waals surface area contributed by atoms with Gasteiger partial charge in [-0.3, -0.25) is 0 Å². The van der Waals surface area contributed by atoms with Crippen molar-refractivity contribution >= 4 is 11.6 Å². The Morgan fingerprint density at radius 2 is 1.40 bits per heavy atom. The molecule has 0 spiro atoms. The summed E-state index contributed by atoms with van der Waals surface area (Å²) in [7, 11) is 0. The number of aromatic nitrogens is 1. The SMILES string of the molecule is Nc1cc([C@H](CCNCc2ccccc2)c2ccccc2)cc(N)n1. The minimum atomic E-state index is 0.233. The lowest BCUT2D eigenvalue weighted by Crippen LogP contribution is -2.18. The minimum Gasteiger partial charge on any atom is -0.384 e. The van der Waals surface area contributed by atoms with Crippen molar-refractivity contribution in [3.8, 4) is 0 Å². The summed E-state index contributed by atoms with van der Waals surface area (Å²) in [4.78, 5) is 4.09. The van der Waals surface area contributed by atoms with Gasteiger partial charge in [0, 0.05) is 12.5 Å². The quantitative estimate of drug-likeness (QED) is 0.578. The molecule has 0 aliphatic heterocycles. The zero-order valence-corrected chi connectivity index (χ0v) is 14.2. The molecule has 0 radical (unpaired) electrons. The summed E-state index contributed by atoms with van der Waals surface area (Å²) in [6.07, 6.45) is 0.958. The highest BCUT2D eigenvalue weighted by Gasteiger charge is 2.15. The number of benzene rings is 2. The second-order valence-electron chi connectivity index (χ2n) is 6.16. The molecule has 1 aromatic heterocycles. The first-order valence-corrected chi connectivity index (χ1v) is 8.55. The van der Waals surface area contributed by atoms with Crippen molar-refractivity contribution in [2.24, 2.45) is 0 Å². The Bertz CT molecular complexity index is 767. The first kappa shape index (κ1) is 17.0. The third-order valence-corrected chi connectivity index (χ3v) is 4.27. The Morgan fingerprint density at radius 1 is 0.800 bits per heavy atom.